The molecule has 0 saturated heterocycles. The molecule has 6 nitrogen and oxygen atoms in total. The van der Waals surface area contributed by atoms with Gasteiger partial charge in [0.05, 0.1) is 11.4 Å². The van der Waals surface area contributed by atoms with Crippen LogP contribution in [-0.2, 0) is 51.7 Å². The van der Waals surface area contributed by atoms with Crippen molar-refractivity contribution >= 4 is 0 Å². The first-order valence-electron chi connectivity index (χ1n) is 17.2. The summed E-state index contributed by atoms with van der Waals surface area (Å²) < 4.78 is 0. The maximum atomic E-state index is 9.52. The number of aromatic hydroxyl groups is 2. The predicted octanol–water partition coefficient (Wildman–Crippen LogP) is 10.9. The molecule has 2 N–H and O–H groups in total. The number of nitrogens with zero attached hydrogens (tertiary/aromatic N) is 4. The van der Waals surface area contributed by atoms with E-state index in [9.17, 15) is 10.2 Å². The van der Waals surface area contributed by atoms with Crippen LogP contribution in [0.5, 0.6) is 11.5 Å². The Morgan fingerprint density at radius 1 is 0.426 bits per heavy atom. The van der Waals surface area contributed by atoms with Crippen LogP contribution in [0.2, 0.25) is 0 Å². The molecule has 54 heavy (non-hydrogen) atoms. The molecule has 8 heteroatoms. The minimum atomic E-state index is 0. The fraction of sp³-hybridized carbons (Fsp3) is 0.174. The van der Waals surface area contributed by atoms with Gasteiger partial charge in [-0.15, -0.1) is 0 Å². The van der Waals surface area contributed by atoms with Crippen molar-refractivity contribution in [1.82, 2.24) is 19.9 Å². The molecule has 0 atom stereocenters. The van der Waals surface area contributed by atoms with Crippen molar-refractivity contribution in [3.05, 3.63) is 169 Å². The van der Waals surface area contributed by atoms with Crippen molar-refractivity contribution in [3.8, 4) is 56.5 Å². The molecule has 0 radical (unpaired) electrons. The van der Waals surface area contributed by atoms with E-state index in [1.807, 2.05) is 85.2 Å². The van der Waals surface area contributed by atoms with Gasteiger partial charge in [-0.25, -0.2) is 35.4 Å². The summed E-state index contributed by atoms with van der Waals surface area (Å²) >= 11 is 0. The van der Waals surface area contributed by atoms with Gasteiger partial charge < -0.3 is 20.2 Å². The molecule has 0 amide bonds. The number of para-hydroxylation sites is 2. The average molecular weight is 898 g/mol. The molecule has 7 aromatic rings. The zero-order valence-corrected chi connectivity index (χ0v) is 34.3. The van der Waals surface area contributed by atoms with Crippen LogP contribution in [0.4, 0.5) is 0 Å². The van der Waals surface area contributed by atoms with Gasteiger partial charge in [0.15, 0.2) is 0 Å². The summed E-state index contributed by atoms with van der Waals surface area (Å²) in [5, 5.41) is 19.0. The van der Waals surface area contributed by atoms with Gasteiger partial charge in [0.25, 0.3) is 0 Å². The standard InChI is InChI=1S/C24H26N2.2C11H9NO.2Pd/c1-23(2,3)19-11-13-25-21(15-19)17-7-9-18(10-8-17)22-16-20(12-14-26-22)24(4,5)6;2*13-11-7-2-1-5-9(11)10-6-3-4-8-12-10;;/h7,10-16H,1-6H3;2*1-8,13H;;/q-2;;;;. The second-order valence-electron chi connectivity index (χ2n) is 14.2. The molecule has 4 heterocycles. The van der Waals surface area contributed by atoms with Crippen molar-refractivity contribution in [3.63, 3.8) is 0 Å². The van der Waals surface area contributed by atoms with Crippen molar-refractivity contribution in [2.45, 2.75) is 52.4 Å². The topological polar surface area (TPSA) is 92.0 Å². The number of benzene rings is 3. The Balaban J connectivity index is 0.000000236. The number of pyridine rings is 4. The van der Waals surface area contributed by atoms with Gasteiger partial charge in [0, 0.05) is 76.8 Å². The van der Waals surface area contributed by atoms with E-state index in [4.69, 9.17) is 0 Å². The number of phenols is 2. The van der Waals surface area contributed by atoms with Gasteiger partial charge in [-0.3, -0.25) is 9.97 Å². The first kappa shape index (κ1) is 43.6. The zero-order valence-electron chi connectivity index (χ0n) is 31.2. The van der Waals surface area contributed by atoms with Gasteiger partial charge in [0.1, 0.15) is 11.5 Å². The molecule has 0 spiro atoms. The Morgan fingerprint density at radius 3 is 1.09 bits per heavy atom. The van der Waals surface area contributed by atoms with Crippen LogP contribution in [0.15, 0.2) is 146 Å². The zero-order chi connectivity index (χ0) is 37.1. The Labute approximate surface area is 347 Å². The Kier molecular flexibility index (Phi) is 16.2. The number of hydrogen-bond donors (Lipinski definition) is 2. The van der Waals surface area contributed by atoms with Gasteiger partial charge in [0.2, 0.25) is 0 Å². The van der Waals surface area contributed by atoms with E-state index in [0.29, 0.717) is 0 Å². The van der Waals surface area contributed by atoms with E-state index in [1.165, 1.54) is 11.1 Å². The van der Waals surface area contributed by atoms with Gasteiger partial charge in [-0.1, -0.05) is 101 Å². The summed E-state index contributed by atoms with van der Waals surface area (Å²) in [7, 11) is 0. The summed E-state index contributed by atoms with van der Waals surface area (Å²) in [6, 6.07) is 44.6. The fourth-order valence-corrected chi connectivity index (χ4v) is 5.19. The molecule has 0 fully saturated rings. The second-order valence-corrected chi connectivity index (χ2v) is 14.2. The molecule has 4 aromatic heterocycles. The third-order valence-electron chi connectivity index (χ3n) is 8.24. The van der Waals surface area contributed by atoms with Gasteiger partial charge in [-0.2, -0.15) is 0 Å². The van der Waals surface area contributed by atoms with Crippen LogP contribution < -0.4 is 0 Å². The monoisotopic (exact) mass is 896 g/mol. The van der Waals surface area contributed by atoms with Crippen LogP contribution in [0.25, 0.3) is 45.0 Å². The largest absolute Gasteiger partial charge is 0.507 e. The maximum absolute atomic E-state index is 9.52. The average Bonchev–Trinajstić information content (AvgIpc) is 3.16. The fourth-order valence-electron chi connectivity index (χ4n) is 5.19. The molecule has 0 aliphatic rings. The Bertz CT molecular complexity index is 2030. The van der Waals surface area contributed by atoms with E-state index in [-0.39, 0.29) is 63.2 Å². The molecule has 0 saturated carbocycles. The van der Waals surface area contributed by atoms with E-state index in [1.54, 1.807) is 36.7 Å². The Hall–Kier alpha value is -4.82. The van der Waals surface area contributed by atoms with Crippen molar-refractivity contribution in [2.75, 3.05) is 0 Å². The van der Waals surface area contributed by atoms with Crippen LogP contribution in [0.1, 0.15) is 52.7 Å². The molecule has 3 aromatic carbocycles. The van der Waals surface area contributed by atoms with Crippen molar-refractivity contribution in [1.29, 1.82) is 0 Å². The third kappa shape index (κ3) is 12.1. The first-order valence-corrected chi connectivity index (χ1v) is 17.2. The summed E-state index contributed by atoms with van der Waals surface area (Å²) in [4.78, 5) is 17.3. The molecular weight excluding hydrogens is 853 g/mol. The molecule has 7 rings (SSSR count). The first-order chi connectivity index (χ1) is 24.9. The van der Waals surface area contributed by atoms with Gasteiger partial charge >= 0.3 is 0 Å². The van der Waals surface area contributed by atoms with E-state index < -0.39 is 0 Å². The second kappa shape index (κ2) is 20.0. The van der Waals surface area contributed by atoms with Crippen molar-refractivity contribution < 1.29 is 51.1 Å². The van der Waals surface area contributed by atoms with E-state index in [0.717, 1.165) is 45.0 Å². The van der Waals surface area contributed by atoms with E-state index >= 15 is 0 Å². The molecular formula is C46H44N4O2Pd2-2. The quantitative estimate of drug-likeness (QED) is 0.135. The summed E-state index contributed by atoms with van der Waals surface area (Å²) in [6.45, 7) is 13.2. The van der Waals surface area contributed by atoms with Crippen molar-refractivity contribution in [2.24, 2.45) is 0 Å². The SMILES string of the molecule is CC(C)(C)c1ccnc(-c2[c-]cc(-c3cc(C(C)(C)C)ccn3)[c-]c2)c1.Oc1ccccc1-c1ccccn1.Oc1ccccc1-c1ccccn1.[Pd].[Pd]. The number of hydrogen-bond acceptors (Lipinski definition) is 6. The van der Waals surface area contributed by atoms with Crippen LogP contribution in [-0.4, -0.2) is 30.1 Å². The summed E-state index contributed by atoms with van der Waals surface area (Å²) in [6.07, 6.45) is 7.15. The molecule has 282 valence electrons. The van der Waals surface area contributed by atoms with Crippen LogP contribution in [0.3, 0.4) is 0 Å². The minimum Gasteiger partial charge on any atom is -0.507 e. The minimum absolute atomic E-state index is 0. The molecule has 0 bridgehead atoms. The Morgan fingerprint density at radius 2 is 0.778 bits per heavy atom. The smallest absolute Gasteiger partial charge is 0.124 e. The maximum Gasteiger partial charge on any atom is 0.124 e. The third-order valence-corrected chi connectivity index (χ3v) is 8.24. The molecule has 0 aliphatic heterocycles. The normalized spacial score (nSPS) is 10.6. The number of rotatable bonds is 4. The molecule has 0 aliphatic carbocycles. The summed E-state index contributed by atoms with van der Waals surface area (Å²) in [5.41, 5.74) is 9.59. The van der Waals surface area contributed by atoms with E-state index in [2.05, 4.69) is 97.9 Å². The molecule has 0 unspecified atom stereocenters. The predicted molar refractivity (Wildman–Crippen MR) is 211 cm³/mol. The van der Waals surface area contributed by atoms with Crippen LogP contribution in [0, 0.1) is 12.1 Å². The number of phenolic OH excluding ortho intramolecular Hbond substituents is 2. The number of aromatic nitrogens is 4. The van der Waals surface area contributed by atoms with Gasteiger partial charge in [-0.05, 0) is 82.6 Å². The van der Waals surface area contributed by atoms with Crippen LogP contribution >= 0.6 is 0 Å². The summed E-state index contributed by atoms with van der Waals surface area (Å²) in [5.74, 6) is 0.530.